The molecule has 0 bridgehead atoms. The SMILES string of the molecule is CC(C)C(CO)NC(=O)c1ccc(-n2cnnn2)cc1. The molecule has 0 saturated carbocycles. The molecule has 1 heterocycles. The highest BCUT2D eigenvalue weighted by Gasteiger charge is 2.16. The summed E-state index contributed by atoms with van der Waals surface area (Å²) in [7, 11) is 0. The molecular weight excluding hydrogens is 258 g/mol. The summed E-state index contributed by atoms with van der Waals surface area (Å²) in [5, 5.41) is 22.9. The number of hydrogen-bond acceptors (Lipinski definition) is 5. The lowest BCUT2D eigenvalue weighted by atomic mass is 10.0. The number of nitrogens with zero attached hydrogens (tertiary/aromatic N) is 4. The Morgan fingerprint density at radius 1 is 1.35 bits per heavy atom. The Morgan fingerprint density at radius 2 is 2.05 bits per heavy atom. The van der Waals surface area contributed by atoms with E-state index >= 15 is 0 Å². The van der Waals surface area contributed by atoms with Crippen molar-refractivity contribution in [2.45, 2.75) is 19.9 Å². The van der Waals surface area contributed by atoms with Crippen LogP contribution < -0.4 is 5.32 Å². The smallest absolute Gasteiger partial charge is 0.251 e. The minimum atomic E-state index is -0.248. The van der Waals surface area contributed by atoms with E-state index in [2.05, 4.69) is 20.8 Å². The van der Waals surface area contributed by atoms with E-state index in [4.69, 9.17) is 0 Å². The lowest BCUT2D eigenvalue weighted by Crippen LogP contribution is -2.41. The summed E-state index contributed by atoms with van der Waals surface area (Å²) < 4.78 is 1.51. The molecule has 1 atom stereocenters. The maximum Gasteiger partial charge on any atom is 0.251 e. The number of aliphatic hydroxyl groups is 1. The molecule has 2 N–H and O–H groups in total. The molecule has 1 unspecified atom stereocenters. The van der Waals surface area contributed by atoms with E-state index in [1.165, 1.54) is 11.0 Å². The van der Waals surface area contributed by atoms with Crippen LogP contribution in [0.5, 0.6) is 0 Å². The number of nitrogens with one attached hydrogen (secondary N) is 1. The Labute approximate surface area is 116 Å². The molecule has 1 aromatic carbocycles. The average Bonchev–Trinajstić information content (AvgIpc) is 2.98. The quantitative estimate of drug-likeness (QED) is 0.824. The van der Waals surface area contributed by atoms with Gasteiger partial charge in [-0.05, 0) is 40.6 Å². The molecule has 0 radical (unpaired) electrons. The summed E-state index contributed by atoms with van der Waals surface area (Å²) in [5.41, 5.74) is 1.30. The highest BCUT2D eigenvalue weighted by atomic mass is 16.3. The van der Waals surface area contributed by atoms with Gasteiger partial charge in [-0.1, -0.05) is 13.8 Å². The first-order chi connectivity index (χ1) is 9.61. The van der Waals surface area contributed by atoms with Crippen LogP contribution in [0.2, 0.25) is 0 Å². The fourth-order valence-corrected chi connectivity index (χ4v) is 1.72. The molecule has 1 amide bonds. The van der Waals surface area contributed by atoms with Gasteiger partial charge in [0.05, 0.1) is 18.3 Å². The van der Waals surface area contributed by atoms with Gasteiger partial charge in [-0.3, -0.25) is 4.79 Å². The summed E-state index contributed by atoms with van der Waals surface area (Å²) in [6.45, 7) is 3.82. The number of benzene rings is 1. The van der Waals surface area contributed by atoms with Crippen molar-refractivity contribution < 1.29 is 9.90 Å². The van der Waals surface area contributed by atoms with Crippen LogP contribution in [-0.4, -0.2) is 43.9 Å². The van der Waals surface area contributed by atoms with Gasteiger partial charge in [0.25, 0.3) is 5.91 Å². The summed E-state index contributed by atoms with van der Waals surface area (Å²) >= 11 is 0. The number of hydrogen-bond donors (Lipinski definition) is 2. The minimum Gasteiger partial charge on any atom is -0.394 e. The first-order valence-corrected chi connectivity index (χ1v) is 6.37. The van der Waals surface area contributed by atoms with Crippen LogP contribution in [-0.2, 0) is 0 Å². The number of carbonyl (C=O) groups is 1. The standard InChI is InChI=1S/C13H17N5O2/c1-9(2)12(7-19)15-13(20)10-3-5-11(6-4-10)18-8-14-16-17-18/h3-6,8-9,12,19H,7H2,1-2H3,(H,15,20). The third-order valence-corrected chi connectivity index (χ3v) is 3.06. The minimum absolute atomic E-state index is 0.0773. The van der Waals surface area contributed by atoms with Crippen LogP contribution in [0.25, 0.3) is 5.69 Å². The van der Waals surface area contributed by atoms with Crippen LogP contribution in [0.15, 0.2) is 30.6 Å². The number of tetrazole rings is 1. The molecule has 2 aromatic rings. The summed E-state index contributed by atoms with van der Waals surface area (Å²) in [4.78, 5) is 12.0. The van der Waals surface area contributed by atoms with Crippen molar-refractivity contribution in [2.75, 3.05) is 6.61 Å². The Morgan fingerprint density at radius 3 is 2.55 bits per heavy atom. The highest BCUT2D eigenvalue weighted by molar-refractivity contribution is 5.94. The van der Waals surface area contributed by atoms with Crippen molar-refractivity contribution in [2.24, 2.45) is 5.92 Å². The van der Waals surface area contributed by atoms with Crippen molar-refractivity contribution in [3.63, 3.8) is 0 Å². The van der Waals surface area contributed by atoms with Crippen molar-refractivity contribution >= 4 is 5.91 Å². The third-order valence-electron chi connectivity index (χ3n) is 3.06. The predicted molar refractivity (Wildman–Crippen MR) is 72.3 cm³/mol. The van der Waals surface area contributed by atoms with Gasteiger partial charge < -0.3 is 10.4 Å². The van der Waals surface area contributed by atoms with E-state index in [0.29, 0.717) is 5.56 Å². The number of aliphatic hydroxyl groups excluding tert-OH is 1. The van der Waals surface area contributed by atoms with E-state index in [0.717, 1.165) is 5.69 Å². The number of aromatic nitrogens is 4. The van der Waals surface area contributed by atoms with E-state index in [1.54, 1.807) is 24.3 Å². The normalized spacial score (nSPS) is 12.4. The molecule has 20 heavy (non-hydrogen) atoms. The van der Waals surface area contributed by atoms with E-state index in [1.807, 2.05) is 13.8 Å². The average molecular weight is 275 g/mol. The Balaban J connectivity index is 2.08. The first-order valence-electron chi connectivity index (χ1n) is 6.37. The third kappa shape index (κ3) is 3.18. The zero-order valence-corrected chi connectivity index (χ0v) is 11.4. The molecule has 0 spiro atoms. The summed E-state index contributed by atoms with van der Waals surface area (Å²) in [5.74, 6) is -0.0366. The zero-order chi connectivity index (χ0) is 14.5. The Kier molecular flexibility index (Phi) is 4.41. The van der Waals surface area contributed by atoms with E-state index < -0.39 is 0 Å². The molecule has 7 heteroatoms. The monoisotopic (exact) mass is 275 g/mol. The highest BCUT2D eigenvalue weighted by Crippen LogP contribution is 2.09. The van der Waals surface area contributed by atoms with Gasteiger partial charge in [0, 0.05) is 5.56 Å². The van der Waals surface area contributed by atoms with Crippen LogP contribution >= 0.6 is 0 Å². The maximum atomic E-state index is 12.0. The van der Waals surface area contributed by atoms with Crippen LogP contribution in [0.3, 0.4) is 0 Å². The van der Waals surface area contributed by atoms with Crippen molar-refractivity contribution in [1.29, 1.82) is 0 Å². The molecule has 0 aliphatic rings. The van der Waals surface area contributed by atoms with Gasteiger partial charge in [0.1, 0.15) is 6.33 Å². The topological polar surface area (TPSA) is 92.9 Å². The molecule has 0 fully saturated rings. The number of amides is 1. The largest absolute Gasteiger partial charge is 0.394 e. The van der Waals surface area contributed by atoms with Crippen molar-refractivity contribution in [1.82, 2.24) is 25.5 Å². The van der Waals surface area contributed by atoms with Gasteiger partial charge in [-0.2, -0.15) is 0 Å². The van der Waals surface area contributed by atoms with Gasteiger partial charge in [0.15, 0.2) is 0 Å². The molecule has 106 valence electrons. The van der Waals surface area contributed by atoms with Crippen LogP contribution in [0, 0.1) is 5.92 Å². The second kappa shape index (κ2) is 6.25. The maximum absolute atomic E-state index is 12.0. The lowest BCUT2D eigenvalue weighted by molar-refractivity contribution is 0.0897. The molecular formula is C13H17N5O2. The number of carbonyl (C=O) groups excluding carboxylic acids is 1. The van der Waals surface area contributed by atoms with Crippen molar-refractivity contribution in [3.05, 3.63) is 36.2 Å². The van der Waals surface area contributed by atoms with Gasteiger partial charge >= 0.3 is 0 Å². The predicted octanol–water partition coefficient (Wildman–Crippen LogP) is 0.409. The molecule has 0 saturated heterocycles. The van der Waals surface area contributed by atoms with Crippen LogP contribution in [0.4, 0.5) is 0 Å². The van der Waals surface area contributed by atoms with Crippen molar-refractivity contribution in [3.8, 4) is 5.69 Å². The Bertz CT molecular complexity index is 551. The Hall–Kier alpha value is -2.28. The number of rotatable bonds is 5. The zero-order valence-electron chi connectivity index (χ0n) is 11.4. The molecule has 1 aromatic heterocycles. The summed E-state index contributed by atoms with van der Waals surface area (Å²) in [6, 6.07) is 6.66. The van der Waals surface area contributed by atoms with Gasteiger partial charge in [0.2, 0.25) is 0 Å². The molecule has 0 aliphatic heterocycles. The lowest BCUT2D eigenvalue weighted by Gasteiger charge is -2.19. The van der Waals surface area contributed by atoms with Crippen LogP contribution in [0.1, 0.15) is 24.2 Å². The second-order valence-corrected chi connectivity index (χ2v) is 4.81. The second-order valence-electron chi connectivity index (χ2n) is 4.81. The molecule has 7 nitrogen and oxygen atoms in total. The molecule has 0 aliphatic carbocycles. The fourth-order valence-electron chi connectivity index (χ4n) is 1.72. The van der Waals surface area contributed by atoms with Gasteiger partial charge in [-0.15, -0.1) is 5.10 Å². The summed E-state index contributed by atoms with van der Waals surface area (Å²) in [6.07, 6.45) is 1.48. The first kappa shape index (κ1) is 14.1. The molecule has 2 rings (SSSR count). The fraction of sp³-hybridized carbons (Fsp3) is 0.385. The van der Waals surface area contributed by atoms with E-state index in [-0.39, 0.29) is 24.5 Å². The van der Waals surface area contributed by atoms with E-state index in [9.17, 15) is 9.90 Å². The van der Waals surface area contributed by atoms with Gasteiger partial charge in [-0.25, -0.2) is 4.68 Å².